The van der Waals surface area contributed by atoms with Crippen LogP contribution in [0.1, 0.15) is 59.3 Å². The number of thiophene rings is 1. The molecule has 1 saturated carbocycles. The molecule has 3 heterocycles. The molecular weight excluding hydrogens is 489 g/mol. The van der Waals surface area contributed by atoms with Gasteiger partial charge in [0.15, 0.2) is 0 Å². The lowest BCUT2D eigenvalue weighted by Crippen LogP contribution is -2.43. The van der Waals surface area contributed by atoms with Crippen molar-refractivity contribution in [3.05, 3.63) is 46.3 Å². The number of fused-ring (bicyclic) bond motifs is 1. The van der Waals surface area contributed by atoms with E-state index in [0.29, 0.717) is 22.7 Å². The number of methoxy groups -OCH3 is 1. The van der Waals surface area contributed by atoms with Gasteiger partial charge in [0, 0.05) is 18.8 Å². The van der Waals surface area contributed by atoms with Crippen LogP contribution >= 0.6 is 11.3 Å². The van der Waals surface area contributed by atoms with Gasteiger partial charge in [-0.25, -0.2) is 14.4 Å². The van der Waals surface area contributed by atoms with Crippen LogP contribution in [-0.4, -0.2) is 60.2 Å². The maximum Gasteiger partial charge on any atom is 0.261 e. The Balaban J connectivity index is 1.37. The zero-order valence-corrected chi connectivity index (χ0v) is 22.7. The Bertz CT molecular complexity index is 1250. The topological polar surface area (TPSA) is 79.4 Å². The fourth-order valence-corrected chi connectivity index (χ4v) is 6.70. The summed E-state index contributed by atoms with van der Waals surface area (Å²) in [5, 5.41) is 7.52. The summed E-state index contributed by atoms with van der Waals surface area (Å²) in [4.78, 5) is 25.9. The molecule has 7 nitrogen and oxygen atoms in total. The van der Waals surface area contributed by atoms with E-state index in [9.17, 15) is 9.18 Å². The van der Waals surface area contributed by atoms with Crippen molar-refractivity contribution >= 4 is 39.0 Å². The van der Waals surface area contributed by atoms with Crippen LogP contribution in [0.3, 0.4) is 0 Å². The number of amides is 1. The van der Waals surface area contributed by atoms with Crippen LogP contribution < -0.4 is 10.6 Å². The molecule has 0 bridgehead atoms. The van der Waals surface area contributed by atoms with E-state index in [-0.39, 0.29) is 17.8 Å². The summed E-state index contributed by atoms with van der Waals surface area (Å²) < 4.78 is 19.8. The largest absolute Gasteiger partial charge is 0.381 e. The summed E-state index contributed by atoms with van der Waals surface area (Å²) in [5.41, 5.74) is 2.66. The third kappa shape index (κ3) is 5.94. The maximum atomic E-state index is 14.3. The van der Waals surface area contributed by atoms with Crippen molar-refractivity contribution in [2.24, 2.45) is 5.92 Å². The van der Waals surface area contributed by atoms with Crippen molar-refractivity contribution in [2.75, 3.05) is 32.6 Å². The van der Waals surface area contributed by atoms with Gasteiger partial charge in [0.2, 0.25) is 0 Å². The first-order valence-electron chi connectivity index (χ1n) is 13.2. The Hall–Kier alpha value is -2.62. The minimum Gasteiger partial charge on any atom is -0.381 e. The molecule has 198 valence electrons. The number of hydrogen-bond donors (Lipinski definition) is 2. The molecule has 2 N–H and O–H groups in total. The number of benzene rings is 1. The van der Waals surface area contributed by atoms with E-state index < -0.39 is 0 Å². The SMILES string of the molecule is CO[C@H]1CC[C@H](Cc2cc(F)ccc2Nc2ncnc3sc(C(=O)NC4CCN(C)CC4)c(C)c23)CC1. The van der Waals surface area contributed by atoms with Gasteiger partial charge in [-0.05, 0) is 107 Å². The molecule has 0 unspecified atom stereocenters. The molecule has 1 aliphatic heterocycles. The fraction of sp³-hybridized carbons (Fsp3) is 0.536. The standard InChI is InChI=1S/C28H36FN5O2S/c1-17-24-26(30-16-31-28(24)37-25(17)27(35)32-21-10-12-34(2)13-11-21)33-23-9-6-20(29)15-19(23)14-18-4-7-22(36-3)8-5-18/h6,9,15-16,18,21-22H,4-5,7-8,10-14H2,1-3H3,(H,32,35)(H,30,31,33)/t18-,22-. The number of aromatic nitrogens is 2. The number of nitrogens with one attached hydrogen (secondary N) is 2. The fourth-order valence-electron chi connectivity index (χ4n) is 5.65. The van der Waals surface area contributed by atoms with Gasteiger partial charge in [0.05, 0.1) is 16.4 Å². The molecule has 0 atom stereocenters. The third-order valence-corrected chi connectivity index (χ3v) is 9.14. The molecule has 5 rings (SSSR count). The van der Waals surface area contributed by atoms with Crippen molar-refractivity contribution in [2.45, 2.75) is 64.0 Å². The number of carbonyl (C=O) groups excluding carboxylic acids is 1. The molecule has 2 fully saturated rings. The highest BCUT2D eigenvalue weighted by Gasteiger charge is 2.25. The minimum atomic E-state index is -0.237. The van der Waals surface area contributed by atoms with Crippen LogP contribution in [0.15, 0.2) is 24.5 Å². The minimum absolute atomic E-state index is 0.0462. The third-order valence-electron chi connectivity index (χ3n) is 7.94. The highest BCUT2D eigenvalue weighted by atomic mass is 32.1. The van der Waals surface area contributed by atoms with Gasteiger partial charge in [-0.15, -0.1) is 11.3 Å². The Morgan fingerprint density at radius 1 is 1.16 bits per heavy atom. The summed E-state index contributed by atoms with van der Waals surface area (Å²) in [6, 6.07) is 5.09. The van der Waals surface area contributed by atoms with E-state index in [1.165, 1.54) is 23.7 Å². The summed E-state index contributed by atoms with van der Waals surface area (Å²) >= 11 is 1.40. The Labute approximate surface area is 221 Å². The first-order valence-corrected chi connectivity index (χ1v) is 14.0. The second-order valence-corrected chi connectivity index (χ2v) is 11.5. The van der Waals surface area contributed by atoms with E-state index in [2.05, 4.69) is 32.5 Å². The highest BCUT2D eigenvalue weighted by Crippen LogP contribution is 2.36. The molecule has 9 heteroatoms. The monoisotopic (exact) mass is 525 g/mol. The van der Waals surface area contributed by atoms with Gasteiger partial charge < -0.3 is 20.3 Å². The number of halogens is 1. The number of aryl methyl sites for hydroxylation is 1. The average molecular weight is 526 g/mol. The van der Waals surface area contributed by atoms with Crippen LogP contribution in [0.5, 0.6) is 0 Å². The molecule has 1 aliphatic carbocycles. The van der Waals surface area contributed by atoms with Gasteiger partial charge in [-0.3, -0.25) is 4.79 Å². The van der Waals surface area contributed by atoms with E-state index in [1.807, 2.05) is 6.92 Å². The molecule has 0 spiro atoms. The Kier molecular flexibility index (Phi) is 8.02. The van der Waals surface area contributed by atoms with Crippen LogP contribution in [0.2, 0.25) is 0 Å². The van der Waals surface area contributed by atoms with Crippen LogP contribution in [0.25, 0.3) is 10.2 Å². The normalized spacial score (nSPS) is 21.3. The van der Waals surface area contributed by atoms with E-state index >= 15 is 0 Å². The lowest BCUT2D eigenvalue weighted by atomic mass is 9.83. The molecule has 1 saturated heterocycles. The maximum absolute atomic E-state index is 14.3. The number of hydrogen-bond acceptors (Lipinski definition) is 7. The van der Waals surface area contributed by atoms with E-state index in [4.69, 9.17) is 4.74 Å². The summed E-state index contributed by atoms with van der Waals surface area (Å²) in [7, 11) is 3.89. The van der Waals surface area contributed by atoms with Crippen LogP contribution in [-0.2, 0) is 11.2 Å². The predicted octanol–water partition coefficient (Wildman–Crippen LogP) is 5.45. The number of carbonyl (C=O) groups is 1. The smallest absolute Gasteiger partial charge is 0.261 e. The van der Waals surface area contributed by atoms with Gasteiger partial charge >= 0.3 is 0 Å². The molecular formula is C28H36FN5O2S. The summed E-state index contributed by atoms with van der Waals surface area (Å²) in [6.45, 7) is 3.93. The molecule has 37 heavy (non-hydrogen) atoms. The zero-order valence-electron chi connectivity index (χ0n) is 21.8. The first kappa shape index (κ1) is 26.0. The molecule has 3 aromatic rings. The Morgan fingerprint density at radius 2 is 1.92 bits per heavy atom. The quantitative estimate of drug-likeness (QED) is 0.427. The molecule has 0 radical (unpaired) electrons. The summed E-state index contributed by atoms with van der Waals surface area (Å²) in [6.07, 6.45) is 8.81. The van der Waals surface area contributed by atoms with Crippen molar-refractivity contribution in [3.8, 4) is 0 Å². The molecule has 1 aromatic carbocycles. The van der Waals surface area contributed by atoms with Crippen molar-refractivity contribution in [1.82, 2.24) is 20.2 Å². The van der Waals surface area contributed by atoms with Crippen molar-refractivity contribution in [1.29, 1.82) is 0 Å². The molecule has 1 amide bonds. The predicted molar refractivity (Wildman–Crippen MR) is 146 cm³/mol. The van der Waals surface area contributed by atoms with E-state index in [1.54, 1.807) is 19.2 Å². The lowest BCUT2D eigenvalue weighted by molar-refractivity contribution is 0.0569. The Morgan fingerprint density at radius 3 is 2.65 bits per heavy atom. The van der Waals surface area contributed by atoms with Crippen LogP contribution in [0.4, 0.5) is 15.9 Å². The second kappa shape index (κ2) is 11.4. The summed E-state index contributed by atoms with van der Waals surface area (Å²) in [5.74, 6) is 0.860. The number of likely N-dealkylation sites (tertiary alicyclic amines) is 1. The van der Waals surface area contributed by atoms with Crippen LogP contribution in [0, 0.1) is 18.7 Å². The second-order valence-electron chi connectivity index (χ2n) is 10.5. The molecule has 2 aromatic heterocycles. The van der Waals surface area contributed by atoms with Gasteiger partial charge in [0.25, 0.3) is 5.91 Å². The number of ether oxygens (including phenoxy) is 1. The lowest BCUT2D eigenvalue weighted by Gasteiger charge is -2.29. The molecule has 2 aliphatic rings. The van der Waals surface area contributed by atoms with Gasteiger partial charge in [-0.2, -0.15) is 0 Å². The number of nitrogens with zero attached hydrogens (tertiary/aromatic N) is 3. The van der Waals surface area contributed by atoms with Gasteiger partial charge in [0.1, 0.15) is 22.8 Å². The van der Waals surface area contributed by atoms with E-state index in [0.717, 1.165) is 85.1 Å². The number of piperidine rings is 1. The highest BCUT2D eigenvalue weighted by molar-refractivity contribution is 7.20. The number of anilines is 2. The van der Waals surface area contributed by atoms with Gasteiger partial charge in [-0.1, -0.05) is 0 Å². The zero-order chi connectivity index (χ0) is 25.9. The first-order chi connectivity index (χ1) is 17.9. The average Bonchev–Trinajstić information content (AvgIpc) is 3.25. The number of rotatable bonds is 7. The van der Waals surface area contributed by atoms with Crippen molar-refractivity contribution < 1.29 is 13.9 Å². The van der Waals surface area contributed by atoms with Crippen molar-refractivity contribution in [3.63, 3.8) is 0 Å².